The van der Waals surface area contributed by atoms with Gasteiger partial charge in [0.25, 0.3) is 0 Å². The highest BCUT2D eigenvalue weighted by Gasteiger charge is 2.15. The number of halogens is 1. The Bertz CT molecular complexity index is 1240. The molecule has 0 aliphatic rings. The van der Waals surface area contributed by atoms with Gasteiger partial charge in [-0.25, -0.2) is 9.19 Å². The van der Waals surface area contributed by atoms with Gasteiger partial charge < -0.3 is 9.14 Å². The van der Waals surface area contributed by atoms with Gasteiger partial charge in [-0.05, 0) is 67.1 Å². The number of nitrogens with one attached hydrogen (secondary N) is 1. The Kier molecular flexibility index (Phi) is 6.25. The van der Waals surface area contributed by atoms with Crippen molar-refractivity contribution in [2.45, 2.75) is 18.2 Å². The summed E-state index contributed by atoms with van der Waals surface area (Å²) in [4.78, 5) is 21.5. The molecular weight excluding hydrogens is 434 g/mol. The Morgan fingerprint density at radius 3 is 2.68 bits per heavy atom. The molecule has 4 aromatic rings. The van der Waals surface area contributed by atoms with E-state index in [1.165, 1.54) is 6.39 Å². The molecule has 1 N–H and O–H groups in total. The number of nitrogens with zero attached hydrogens (tertiary/aromatic N) is 2. The fourth-order valence-electron chi connectivity index (χ4n) is 3.12. The lowest BCUT2D eigenvalue weighted by Crippen LogP contribution is -2.11. The number of Topliss-reactive ketones (excluding diaryl/α,β-unsaturated/α-hetero) is 1. The van der Waals surface area contributed by atoms with Crippen LogP contribution < -0.4 is 4.72 Å². The van der Waals surface area contributed by atoms with Crippen molar-refractivity contribution < 1.29 is 13.4 Å². The zero-order valence-corrected chi connectivity index (χ0v) is 18.1. The monoisotopic (exact) mass is 451 g/mol. The van der Waals surface area contributed by atoms with E-state index in [-0.39, 0.29) is 12.2 Å². The molecule has 0 amide bonds. The number of rotatable bonds is 7. The van der Waals surface area contributed by atoms with Crippen molar-refractivity contribution >= 4 is 34.1 Å². The summed E-state index contributed by atoms with van der Waals surface area (Å²) in [7, 11) is -1.53. The average Bonchev–Trinajstić information content (AvgIpc) is 3.31. The van der Waals surface area contributed by atoms with Crippen molar-refractivity contribution in [2.75, 3.05) is 4.72 Å². The molecule has 1 unspecified atom stereocenters. The first kappa shape index (κ1) is 21.0. The number of anilines is 1. The fourth-order valence-corrected chi connectivity index (χ4v) is 4.21. The molecule has 156 valence electrons. The Morgan fingerprint density at radius 2 is 1.97 bits per heavy atom. The third kappa shape index (κ3) is 4.90. The van der Waals surface area contributed by atoms with Gasteiger partial charge in [0, 0.05) is 34.5 Å². The summed E-state index contributed by atoms with van der Waals surface area (Å²) < 4.78 is 21.2. The first-order valence-corrected chi connectivity index (χ1v) is 10.9. The average molecular weight is 452 g/mol. The van der Waals surface area contributed by atoms with Gasteiger partial charge in [-0.2, -0.15) is 0 Å². The summed E-state index contributed by atoms with van der Waals surface area (Å²) in [6.45, 7) is 1.79. The molecule has 0 saturated carbocycles. The van der Waals surface area contributed by atoms with Gasteiger partial charge in [0.2, 0.25) is 0 Å². The zero-order valence-electron chi connectivity index (χ0n) is 16.5. The maximum atomic E-state index is 12.9. The molecule has 2 aromatic heterocycles. The van der Waals surface area contributed by atoms with Gasteiger partial charge >= 0.3 is 0 Å². The van der Waals surface area contributed by atoms with E-state index in [9.17, 15) is 9.00 Å². The Hall–Kier alpha value is -3.29. The van der Waals surface area contributed by atoms with Gasteiger partial charge in [0.05, 0.1) is 16.8 Å². The second-order valence-electron chi connectivity index (χ2n) is 6.80. The topological polar surface area (TPSA) is 85.1 Å². The molecule has 0 saturated heterocycles. The molecule has 0 spiro atoms. The van der Waals surface area contributed by atoms with Crippen molar-refractivity contribution in [1.82, 2.24) is 9.97 Å². The van der Waals surface area contributed by atoms with Crippen LogP contribution in [-0.2, 0) is 17.4 Å². The molecule has 0 aliphatic carbocycles. The van der Waals surface area contributed by atoms with Crippen molar-refractivity contribution in [3.8, 4) is 11.3 Å². The summed E-state index contributed by atoms with van der Waals surface area (Å²) in [5.41, 5.74) is 3.30. The van der Waals surface area contributed by atoms with E-state index in [1.807, 2.05) is 12.1 Å². The fraction of sp³-hybridized carbons (Fsp3) is 0.0870. The number of oxazole rings is 1. The number of hydrogen-bond donors (Lipinski definition) is 1. The molecule has 31 heavy (non-hydrogen) atoms. The third-order valence-electron chi connectivity index (χ3n) is 4.71. The summed E-state index contributed by atoms with van der Waals surface area (Å²) in [6, 6.07) is 15.7. The molecule has 0 fully saturated rings. The number of aromatic nitrogens is 2. The smallest absolute Gasteiger partial charge is 0.181 e. The molecule has 4 rings (SSSR count). The summed E-state index contributed by atoms with van der Waals surface area (Å²) in [6.07, 6.45) is 4.73. The molecule has 6 nitrogen and oxygen atoms in total. The normalized spacial score (nSPS) is 11.8. The van der Waals surface area contributed by atoms with E-state index in [0.29, 0.717) is 38.2 Å². The van der Waals surface area contributed by atoms with Crippen LogP contribution in [0.3, 0.4) is 0 Å². The highest BCUT2D eigenvalue weighted by Crippen LogP contribution is 2.25. The zero-order chi connectivity index (χ0) is 21.8. The number of carbonyl (C=O) groups is 1. The second kappa shape index (κ2) is 9.24. The maximum absolute atomic E-state index is 12.9. The van der Waals surface area contributed by atoms with Crippen LogP contribution in [-0.4, -0.2) is 20.0 Å². The van der Waals surface area contributed by atoms with Crippen molar-refractivity contribution in [2.24, 2.45) is 0 Å². The van der Waals surface area contributed by atoms with Gasteiger partial charge in [-0.1, -0.05) is 11.6 Å². The highest BCUT2D eigenvalue weighted by atomic mass is 35.5. The molecule has 2 aromatic carbocycles. The highest BCUT2D eigenvalue weighted by molar-refractivity contribution is 7.86. The number of carbonyl (C=O) groups excluding carboxylic acids is 1. The lowest BCUT2D eigenvalue weighted by atomic mass is 10.0. The minimum Gasteiger partial charge on any atom is -0.444 e. The predicted molar refractivity (Wildman–Crippen MR) is 120 cm³/mol. The summed E-state index contributed by atoms with van der Waals surface area (Å²) in [5, 5.41) is 0.499. The van der Waals surface area contributed by atoms with Crippen LogP contribution in [0.2, 0.25) is 5.02 Å². The van der Waals surface area contributed by atoms with Crippen LogP contribution >= 0.6 is 11.6 Å². The van der Waals surface area contributed by atoms with Crippen LogP contribution in [0, 0.1) is 6.92 Å². The quantitative estimate of drug-likeness (QED) is 0.387. The lowest BCUT2D eigenvalue weighted by Gasteiger charge is -2.13. The van der Waals surface area contributed by atoms with Gasteiger partial charge in [0.15, 0.2) is 17.9 Å². The van der Waals surface area contributed by atoms with E-state index in [4.69, 9.17) is 16.0 Å². The Balaban J connectivity index is 1.54. The van der Waals surface area contributed by atoms with Crippen LogP contribution in [0.15, 0.2) is 82.7 Å². The minimum atomic E-state index is -1.53. The number of ketones is 1. The van der Waals surface area contributed by atoms with Gasteiger partial charge in [-0.15, -0.1) is 0 Å². The van der Waals surface area contributed by atoms with E-state index < -0.39 is 11.0 Å². The summed E-state index contributed by atoms with van der Waals surface area (Å²) in [5.74, 6) is 0.549. The standard InChI is InChI=1S/C23H18ClN3O3S/c1-15-20(3-2-10-26-15)22(28)12-17-11-18(24)6-9-21(17)27-31(29)19-7-4-16(5-8-19)23-13-25-14-30-23/h2-11,13-14,27H,12H2,1H3. The van der Waals surface area contributed by atoms with Crippen LogP contribution in [0.4, 0.5) is 5.69 Å². The Labute approximate surface area is 186 Å². The largest absolute Gasteiger partial charge is 0.444 e. The number of aryl methyl sites for hydroxylation is 1. The van der Waals surface area contributed by atoms with E-state index >= 15 is 0 Å². The second-order valence-corrected chi connectivity index (χ2v) is 8.45. The maximum Gasteiger partial charge on any atom is 0.181 e. The van der Waals surface area contributed by atoms with E-state index in [2.05, 4.69) is 14.7 Å². The molecule has 0 bridgehead atoms. The van der Waals surface area contributed by atoms with Crippen LogP contribution in [0.1, 0.15) is 21.6 Å². The van der Waals surface area contributed by atoms with Crippen LogP contribution in [0.5, 0.6) is 0 Å². The Morgan fingerprint density at radius 1 is 1.16 bits per heavy atom. The minimum absolute atomic E-state index is 0.0851. The molecule has 8 heteroatoms. The van der Waals surface area contributed by atoms with Crippen LogP contribution in [0.25, 0.3) is 11.3 Å². The number of benzene rings is 2. The first-order chi connectivity index (χ1) is 15.0. The van der Waals surface area contributed by atoms with E-state index in [0.717, 1.165) is 5.56 Å². The molecular formula is C23H18ClN3O3S. The first-order valence-electron chi connectivity index (χ1n) is 9.42. The van der Waals surface area contributed by atoms with E-state index in [1.54, 1.807) is 61.8 Å². The van der Waals surface area contributed by atoms with Crippen molar-refractivity contribution in [3.05, 3.63) is 95.2 Å². The molecule has 0 aliphatic heterocycles. The molecule has 0 radical (unpaired) electrons. The summed E-state index contributed by atoms with van der Waals surface area (Å²) >= 11 is 6.16. The predicted octanol–water partition coefficient (Wildman–Crippen LogP) is 5.26. The number of pyridine rings is 1. The van der Waals surface area contributed by atoms with Gasteiger partial charge in [0.1, 0.15) is 11.0 Å². The van der Waals surface area contributed by atoms with Crippen molar-refractivity contribution in [3.63, 3.8) is 0 Å². The van der Waals surface area contributed by atoms with Crippen molar-refractivity contribution in [1.29, 1.82) is 0 Å². The lowest BCUT2D eigenvalue weighted by molar-refractivity contribution is 0.0992. The number of hydrogen-bond acceptors (Lipinski definition) is 5. The SMILES string of the molecule is Cc1ncccc1C(=O)Cc1cc(Cl)ccc1NS(=O)c1ccc(-c2cnco2)cc1. The third-order valence-corrected chi connectivity index (χ3v) is 6.05. The molecule has 2 heterocycles. The molecule has 1 atom stereocenters. The van der Waals surface area contributed by atoms with Gasteiger partial charge in [-0.3, -0.25) is 9.78 Å².